The number of rotatable bonds is 5. The maximum Gasteiger partial charge on any atom is 0.290 e. The van der Waals surface area contributed by atoms with Gasteiger partial charge in [-0.1, -0.05) is 54.6 Å². The molecule has 33 heavy (non-hydrogen) atoms. The van der Waals surface area contributed by atoms with Crippen LogP contribution in [0.1, 0.15) is 21.7 Å². The Morgan fingerprint density at radius 2 is 1.58 bits per heavy atom. The molecule has 0 unspecified atom stereocenters. The zero-order chi connectivity index (χ0) is 22.6. The van der Waals surface area contributed by atoms with Gasteiger partial charge in [0.15, 0.2) is 11.5 Å². The van der Waals surface area contributed by atoms with E-state index in [9.17, 15) is 9.59 Å². The van der Waals surface area contributed by atoms with Gasteiger partial charge in [-0.15, -0.1) is 0 Å². The molecule has 5 rings (SSSR count). The van der Waals surface area contributed by atoms with Crippen LogP contribution >= 0.6 is 0 Å². The van der Waals surface area contributed by atoms with Crippen LogP contribution < -0.4 is 10.1 Å². The first-order valence-corrected chi connectivity index (χ1v) is 10.7. The van der Waals surface area contributed by atoms with Crippen LogP contribution in [0.25, 0.3) is 0 Å². The van der Waals surface area contributed by atoms with E-state index in [1.165, 1.54) is 6.26 Å². The standard InChI is InChI=1S/C27H22N2O4/c30-26(28-22-13-6-7-14-24(22)33-21-11-2-1-3-12-21)23-17-19-9-4-5-10-20(19)18-29(23)27(31)25-15-8-16-32-25/h1-16,23H,17-18H2,(H,28,30)/t23-/m0/s1. The lowest BCUT2D eigenvalue weighted by Crippen LogP contribution is -2.50. The maximum absolute atomic E-state index is 13.5. The Hall–Kier alpha value is -4.32. The first-order chi connectivity index (χ1) is 16.2. The van der Waals surface area contributed by atoms with Crippen molar-refractivity contribution in [1.29, 1.82) is 0 Å². The van der Waals surface area contributed by atoms with Crippen molar-refractivity contribution in [1.82, 2.24) is 4.90 Å². The number of ether oxygens (including phenoxy) is 1. The molecule has 0 spiro atoms. The van der Waals surface area contributed by atoms with Gasteiger partial charge in [0.1, 0.15) is 11.8 Å². The Morgan fingerprint density at radius 3 is 2.36 bits per heavy atom. The predicted octanol–water partition coefficient (Wildman–Crippen LogP) is 5.28. The van der Waals surface area contributed by atoms with Crippen LogP contribution in [0.5, 0.6) is 11.5 Å². The minimum absolute atomic E-state index is 0.208. The average molecular weight is 438 g/mol. The molecular weight excluding hydrogens is 416 g/mol. The van der Waals surface area contributed by atoms with Crippen molar-refractivity contribution in [2.75, 3.05) is 5.32 Å². The van der Waals surface area contributed by atoms with Gasteiger partial charge in [-0.2, -0.15) is 0 Å². The second-order valence-corrected chi connectivity index (χ2v) is 7.80. The van der Waals surface area contributed by atoms with Crippen molar-refractivity contribution in [3.8, 4) is 11.5 Å². The van der Waals surface area contributed by atoms with Gasteiger partial charge in [-0.3, -0.25) is 9.59 Å². The highest BCUT2D eigenvalue weighted by molar-refractivity contribution is 6.01. The molecule has 2 amide bonds. The Morgan fingerprint density at radius 1 is 0.848 bits per heavy atom. The topological polar surface area (TPSA) is 71.8 Å². The number of anilines is 1. The fraction of sp³-hybridized carbons (Fsp3) is 0.111. The van der Waals surface area contributed by atoms with Gasteiger partial charge < -0.3 is 19.4 Å². The molecule has 2 heterocycles. The number of hydrogen-bond acceptors (Lipinski definition) is 4. The Bertz CT molecular complexity index is 1270. The number of furan rings is 1. The van der Waals surface area contributed by atoms with Crippen LogP contribution in [0.4, 0.5) is 5.69 Å². The highest BCUT2D eigenvalue weighted by Gasteiger charge is 2.36. The fourth-order valence-corrected chi connectivity index (χ4v) is 4.00. The van der Waals surface area contributed by atoms with Crippen molar-refractivity contribution in [3.05, 3.63) is 114 Å². The summed E-state index contributed by atoms with van der Waals surface area (Å²) in [7, 11) is 0. The minimum Gasteiger partial charge on any atom is -0.459 e. The normalized spacial score (nSPS) is 14.9. The van der Waals surface area contributed by atoms with Crippen LogP contribution in [0, 0.1) is 0 Å². The molecule has 164 valence electrons. The molecule has 0 aliphatic carbocycles. The van der Waals surface area contributed by atoms with Crippen molar-refractivity contribution < 1.29 is 18.7 Å². The SMILES string of the molecule is O=C(Nc1ccccc1Oc1ccccc1)[C@@H]1Cc2ccccc2CN1C(=O)c1ccco1. The van der Waals surface area contributed by atoms with Gasteiger partial charge in [-0.05, 0) is 47.5 Å². The summed E-state index contributed by atoms with van der Waals surface area (Å²) >= 11 is 0. The van der Waals surface area contributed by atoms with Crippen molar-refractivity contribution in [3.63, 3.8) is 0 Å². The summed E-state index contributed by atoms with van der Waals surface area (Å²) in [4.78, 5) is 28.2. The second kappa shape index (κ2) is 9.04. The third-order valence-electron chi connectivity index (χ3n) is 5.66. The van der Waals surface area contributed by atoms with Crippen molar-refractivity contribution in [2.24, 2.45) is 0 Å². The maximum atomic E-state index is 13.5. The van der Waals surface area contributed by atoms with Gasteiger partial charge in [-0.25, -0.2) is 0 Å². The van der Waals surface area contributed by atoms with E-state index < -0.39 is 6.04 Å². The third kappa shape index (κ3) is 4.36. The van der Waals surface area contributed by atoms with Crippen LogP contribution in [-0.4, -0.2) is 22.8 Å². The summed E-state index contributed by atoms with van der Waals surface area (Å²) in [6, 6.07) is 27.1. The number of fused-ring (bicyclic) bond motifs is 1. The van der Waals surface area contributed by atoms with E-state index in [2.05, 4.69) is 5.32 Å². The number of amides is 2. The van der Waals surface area contributed by atoms with Gasteiger partial charge in [0.25, 0.3) is 5.91 Å². The zero-order valence-electron chi connectivity index (χ0n) is 17.8. The fourth-order valence-electron chi connectivity index (χ4n) is 4.00. The van der Waals surface area contributed by atoms with E-state index >= 15 is 0 Å². The van der Waals surface area contributed by atoms with E-state index in [0.717, 1.165) is 11.1 Å². The largest absolute Gasteiger partial charge is 0.459 e. The first-order valence-electron chi connectivity index (χ1n) is 10.7. The molecule has 0 fully saturated rings. The molecule has 0 bridgehead atoms. The van der Waals surface area contributed by atoms with Crippen LogP contribution in [0.2, 0.25) is 0 Å². The van der Waals surface area contributed by atoms with Crippen LogP contribution in [0.3, 0.4) is 0 Å². The van der Waals surface area contributed by atoms with E-state index in [1.54, 1.807) is 29.2 Å². The smallest absolute Gasteiger partial charge is 0.290 e. The summed E-state index contributed by atoms with van der Waals surface area (Å²) in [5.74, 6) is 0.801. The summed E-state index contributed by atoms with van der Waals surface area (Å²) in [6.45, 7) is 0.329. The highest BCUT2D eigenvalue weighted by Crippen LogP contribution is 2.31. The Kier molecular flexibility index (Phi) is 5.64. The quantitative estimate of drug-likeness (QED) is 0.460. The van der Waals surface area contributed by atoms with E-state index in [1.807, 2.05) is 66.7 Å². The molecule has 0 radical (unpaired) electrons. The number of benzene rings is 3. The number of nitrogens with zero attached hydrogens (tertiary/aromatic N) is 1. The number of carbonyl (C=O) groups is 2. The van der Waals surface area contributed by atoms with Gasteiger partial charge >= 0.3 is 0 Å². The molecule has 3 aromatic carbocycles. The average Bonchev–Trinajstić information content (AvgIpc) is 3.40. The number of carbonyl (C=O) groups excluding carboxylic acids is 2. The molecule has 1 aliphatic heterocycles. The molecule has 0 saturated carbocycles. The van der Waals surface area contributed by atoms with Gasteiger partial charge in [0.2, 0.25) is 5.91 Å². The molecule has 6 nitrogen and oxygen atoms in total. The first kappa shape index (κ1) is 20.6. The van der Waals surface area contributed by atoms with Crippen molar-refractivity contribution >= 4 is 17.5 Å². The highest BCUT2D eigenvalue weighted by atomic mass is 16.5. The van der Waals surface area contributed by atoms with Crippen LogP contribution in [0.15, 0.2) is 102 Å². The Labute approximate surface area is 191 Å². The Balaban J connectivity index is 1.42. The van der Waals surface area contributed by atoms with E-state index in [0.29, 0.717) is 30.2 Å². The summed E-state index contributed by atoms with van der Waals surface area (Å²) in [6.07, 6.45) is 1.87. The molecule has 1 N–H and O–H groups in total. The third-order valence-corrected chi connectivity index (χ3v) is 5.66. The molecule has 1 aromatic heterocycles. The molecule has 1 atom stereocenters. The molecule has 6 heteroatoms. The molecule has 1 aliphatic rings. The zero-order valence-corrected chi connectivity index (χ0v) is 17.8. The van der Waals surface area contributed by atoms with Crippen molar-refractivity contribution in [2.45, 2.75) is 19.0 Å². The van der Waals surface area contributed by atoms with E-state index in [4.69, 9.17) is 9.15 Å². The lowest BCUT2D eigenvalue weighted by Gasteiger charge is -2.35. The lowest BCUT2D eigenvalue weighted by molar-refractivity contribution is -0.121. The number of hydrogen-bond donors (Lipinski definition) is 1. The second-order valence-electron chi connectivity index (χ2n) is 7.80. The minimum atomic E-state index is -0.692. The van der Waals surface area contributed by atoms with Gasteiger partial charge in [0.05, 0.1) is 12.0 Å². The lowest BCUT2D eigenvalue weighted by atomic mass is 9.93. The summed E-state index contributed by atoms with van der Waals surface area (Å²) in [5.41, 5.74) is 2.61. The number of nitrogens with one attached hydrogen (secondary N) is 1. The summed E-state index contributed by atoms with van der Waals surface area (Å²) in [5, 5.41) is 2.97. The molecule has 4 aromatic rings. The predicted molar refractivity (Wildman–Crippen MR) is 124 cm³/mol. The van der Waals surface area contributed by atoms with E-state index in [-0.39, 0.29) is 17.6 Å². The number of para-hydroxylation sites is 3. The van der Waals surface area contributed by atoms with Crippen LogP contribution in [-0.2, 0) is 17.8 Å². The molecule has 0 saturated heterocycles. The monoisotopic (exact) mass is 438 g/mol. The summed E-state index contributed by atoms with van der Waals surface area (Å²) < 4.78 is 11.3. The molecular formula is C27H22N2O4. The van der Waals surface area contributed by atoms with Gasteiger partial charge in [0, 0.05) is 13.0 Å².